The van der Waals surface area contributed by atoms with E-state index < -0.39 is 22.0 Å². The molecule has 0 bridgehead atoms. The first-order valence-corrected chi connectivity index (χ1v) is 9.47. The van der Waals surface area contributed by atoms with Crippen LogP contribution in [-0.2, 0) is 14.8 Å². The minimum absolute atomic E-state index is 0.0426. The quantitative estimate of drug-likeness (QED) is 0.759. The average molecular weight is 353 g/mol. The minimum atomic E-state index is -3.91. The summed E-state index contributed by atoms with van der Waals surface area (Å²) in [6.45, 7) is 5.90. The van der Waals surface area contributed by atoms with E-state index in [4.69, 9.17) is 0 Å². The fraction of sp³-hybridized carbons (Fsp3) is 0.500. The third-order valence-corrected chi connectivity index (χ3v) is 5.28. The number of hydrogen-bond acceptors (Lipinski definition) is 4. The van der Waals surface area contributed by atoms with Crippen molar-refractivity contribution in [2.24, 2.45) is 0 Å². The number of carboxylic acids is 1. The van der Waals surface area contributed by atoms with Crippen molar-refractivity contribution < 1.29 is 18.3 Å². The second-order valence-electron chi connectivity index (χ2n) is 6.06. The Morgan fingerprint density at radius 1 is 1.38 bits per heavy atom. The van der Waals surface area contributed by atoms with Gasteiger partial charge in [-0.25, -0.2) is 8.42 Å². The fourth-order valence-electron chi connectivity index (χ4n) is 2.51. The molecule has 1 atom stereocenters. The number of unbranched alkanes of at least 4 members (excludes halogenated alkanes) is 1. The highest BCUT2D eigenvalue weighted by molar-refractivity contribution is 7.89. The highest BCUT2D eigenvalue weighted by atomic mass is 32.2. The van der Waals surface area contributed by atoms with Crippen LogP contribution in [0.25, 0.3) is 10.9 Å². The van der Waals surface area contributed by atoms with Crippen LogP contribution < -0.4 is 4.72 Å². The number of hydrogen-bond donors (Lipinski definition) is 2. The van der Waals surface area contributed by atoms with Crippen molar-refractivity contribution in [3.63, 3.8) is 0 Å². The third-order valence-electron chi connectivity index (χ3n) is 3.81. The number of nitrogens with zero attached hydrogens (tertiary/aromatic N) is 2. The fourth-order valence-corrected chi connectivity index (χ4v) is 3.76. The summed E-state index contributed by atoms with van der Waals surface area (Å²) in [5.74, 6) is -1.17. The van der Waals surface area contributed by atoms with Crippen LogP contribution in [0.4, 0.5) is 0 Å². The van der Waals surface area contributed by atoms with Crippen LogP contribution in [0, 0.1) is 0 Å². The van der Waals surface area contributed by atoms with Gasteiger partial charge < -0.3 is 5.11 Å². The van der Waals surface area contributed by atoms with Gasteiger partial charge in [-0.2, -0.15) is 9.82 Å². The zero-order valence-electron chi connectivity index (χ0n) is 14.1. The van der Waals surface area contributed by atoms with Crippen molar-refractivity contribution in [1.29, 1.82) is 0 Å². The molecular weight excluding hydrogens is 330 g/mol. The Hall–Kier alpha value is -1.93. The van der Waals surface area contributed by atoms with Crippen molar-refractivity contribution in [2.75, 3.05) is 0 Å². The number of sulfonamides is 1. The van der Waals surface area contributed by atoms with Crippen LogP contribution in [0.15, 0.2) is 29.3 Å². The van der Waals surface area contributed by atoms with Gasteiger partial charge in [0, 0.05) is 11.4 Å². The van der Waals surface area contributed by atoms with E-state index in [9.17, 15) is 18.3 Å². The average Bonchev–Trinajstić information content (AvgIpc) is 2.94. The van der Waals surface area contributed by atoms with E-state index in [2.05, 4.69) is 9.82 Å². The maximum absolute atomic E-state index is 12.5. The van der Waals surface area contributed by atoms with Gasteiger partial charge in [0.25, 0.3) is 0 Å². The van der Waals surface area contributed by atoms with Crippen LogP contribution in [-0.4, -0.2) is 35.3 Å². The second kappa shape index (κ2) is 7.31. The second-order valence-corrected chi connectivity index (χ2v) is 7.77. The molecule has 7 nitrogen and oxygen atoms in total. The highest BCUT2D eigenvalue weighted by Gasteiger charge is 2.25. The Morgan fingerprint density at radius 2 is 2.08 bits per heavy atom. The van der Waals surface area contributed by atoms with Gasteiger partial charge in [-0.1, -0.05) is 19.8 Å². The zero-order valence-corrected chi connectivity index (χ0v) is 14.9. The van der Waals surface area contributed by atoms with Crippen LogP contribution in [0.1, 0.15) is 46.1 Å². The molecule has 0 fully saturated rings. The van der Waals surface area contributed by atoms with E-state index in [-0.39, 0.29) is 17.4 Å². The molecule has 24 heavy (non-hydrogen) atoms. The smallest absolute Gasteiger partial charge is 0.321 e. The number of nitrogens with one attached hydrogen (secondary N) is 1. The summed E-state index contributed by atoms with van der Waals surface area (Å²) in [5.41, 5.74) is 0.838. The van der Waals surface area contributed by atoms with Crippen LogP contribution in [0.2, 0.25) is 0 Å². The van der Waals surface area contributed by atoms with Gasteiger partial charge in [-0.3, -0.25) is 9.48 Å². The predicted molar refractivity (Wildman–Crippen MR) is 91.4 cm³/mol. The first-order chi connectivity index (χ1) is 11.3. The molecule has 0 saturated heterocycles. The third kappa shape index (κ3) is 3.93. The summed E-state index contributed by atoms with van der Waals surface area (Å²) in [6.07, 6.45) is 3.31. The number of benzene rings is 1. The maximum Gasteiger partial charge on any atom is 0.321 e. The molecule has 0 aliphatic carbocycles. The Labute approximate surface area is 141 Å². The lowest BCUT2D eigenvalue weighted by atomic mass is 10.1. The lowest BCUT2D eigenvalue weighted by molar-refractivity contribution is -0.139. The SMILES string of the molecule is CCCCC(NS(=O)(=O)c1ccc2c(cnn2C(C)C)c1)C(=O)O. The molecule has 1 aromatic carbocycles. The Balaban J connectivity index is 2.31. The number of fused-ring (bicyclic) bond motifs is 1. The lowest BCUT2D eigenvalue weighted by Crippen LogP contribution is -2.40. The number of aromatic nitrogens is 2. The van der Waals surface area contributed by atoms with E-state index in [1.165, 1.54) is 12.1 Å². The molecule has 2 rings (SSSR count). The topological polar surface area (TPSA) is 101 Å². The van der Waals surface area contributed by atoms with Gasteiger partial charge in [0.15, 0.2) is 0 Å². The molecule has 1 unspecified atom stereocenters. The van der Waals surface area contributed by atoms with Gasteiger partial charge >= 0.3 is 5.97 Å². The molecule has 8 heteroatoms. The molecule has 1 heterocycles. The lowest BCUT2D eigenvalue weighted by Gasteiger charge is -2.14. The van der Waals surface area contributed by atoms with E-state index in [0.717, 1.165) is 11.9 Å². The molecule has 1 aromatic heterocycles. The van der Waals surface area contributed by atoms with Crippen molar-refractivity contribution in [2.45, 2.75) is 57.0 Å². The summed E-state index contributed by atoms with van der Waals surface area (Å²) in [6, 6.07) is 3.72. The molecule has 0 radical (unpaired) electrons. The zero-order chi connectivity index (χ0) is 17.9. The molecule has 132 valence electrons. The molecule has 0 aliphatic rings. The molecule has 0 amide bonds. The van der Waals surface area contributed by atoms with Gasteiger partial charge in [0.1, 0.15) is 6.04 Å². The van der Waals surface area contributed by atoms with E-state index >= 15 is 0 Å². The van der Waals surface area contributed by atoms with E-state index in [1.54, 1.807) is 16.9 Å². The molecule has 0 aliphatic heterocycles. The largest absolute Gasteiger partial charge is 0.480 e. The van der Waals surface area contributed by atoms with Crippen molar-refractivity contribution in [3.8, 4) is 0 Å². The maximum atomic E-state index is 12.5. The van der Waals surface area contributed by atoms with Crippen LogP contribution in [0.5, 0.6) is 0 Å². The summed E-state index contributed by atoms with van der Waals surface area (Å²) < 4.78 is 29.1. The standard InChI is InChI=1S/C16H23N3O4S/c1-4-5-6-14(16(20)21)18-24(22,23)13-7-8-15-12(9-13)10-17-19(15)11(2)3/h7-11,14,18H,4-6H2,1-3H3,(H,20,21). The Bertz CT molecular complexity index is 827. The van der Waals surface area contributed by atoms with Gasteiger partial charge in [0.05, 0.1) is 16.6 Å². The number of aliphatic carboxylic acids is 1. The molecule has 2 aromatic rings. The van der Waals surface area contributed by atoms with Crippen LogP contribution >= 0.6 is 0 Å². The van der Waals surface area contributed by atoms with Crippen molar-refractivity contribution >= 4 is 26.9 Å². The van der Waals surface area contributed by atoms with Gasteiger partial charge in [-0.05, 0) is 38.5 Å². The first kappa shape index (κ1) is 18.4. The summed E-state index contributed by atoms with van der Waals surface area (Å²) >= 11 is 0. The summed E-state index contributed by atoms with van der Waals surface area (Å²) in [5, 5.41) is 14.2. The van der Waals surface area contributed by atoms with E-state index in [0.29, 0.717) is 11.8 Å². The van der Waals surface area contributed by atoms with Crippen molar-refractivity contribution in [3.05, 3.63) is 24.4 Å². The van der Waals surface area contributed by atoms with Gasteiger partial charge in [0.2, 0.25) is 10.0 Å². The van der Waals surface area contributed by atoms with Crippen molar-refractivity contribution in [1.82, 2.24) is 14.5 Å². The number of carboxylic acid groups (broad SMARTS) is 1. The van der Waals surface area contributed by atoms with Gasteiger partial charge in [-0.15, -0.1) is 0 Å². The summed E-state index contributed by atoms with van der Waals surface area (Å²) in [7, 11) is -3.91. The normalized spacial score (nSPS) is 13.5. The highest BCUT2D eigenvalue weighted by Crippen LogP contribution is 2.22. The predicted octanol–water partition coefficient (Wildman–Crippen LogP) is 2.54. The molecule has 0 spiro atoms. The summed E-state index contributed by atoms with van der Waals surface area (Å²) in [4.78, 5) is 11.3. The molecular formula is C16H23N3O4S. The molecule has 2 N–H and O–H groups in total. The first-order valence-electron chi connectivity index (χ1n) is 7.98. The van der Waals surface area contributed by atoms with E-state index in [1.807, 2.05) is 20.8 Å². The molecule has 0 saturated carbocycles. The Morgan fingerprint density at radius 3 is 2.67 bits per heavy atom. The number of carbonyl (C=O) groups is 1. The number of rotatable bonds is 8. The van der Waals surface area contributed by atoms with Crippen LogP contribution in [0.3, 0.4) is 0 Å². The minimum Gasteiger partial charge on any atom is -0.480 e. The Kier molecular flexibility index (Phi) is 5.61. The monoisotopic (exact) mass is 353 g/mol.